The van der Waals surface area contributed by atoms with Crippen LogP contribution in [0.1, 0.15) is 26.2 Å². The van der Waals surface area contributed by atoms with Gasteiger partial charge < -0.3 is 40.3 Å². The highest BCUT2D eigenvalue weighted by molar-refractivity contribution is 5.76. The summed E-state index contributed by atoms with van der Waals surface area (Å²) in [6.07, 6.45) is -0.501. The summed E-state index contributed by atoms with van der Waals surface area (Å²) in [4.78, 5) is 23.3. The number of amides is 1. The van der Waals surface area contributed by atoms with Crippen LogP contribution < -0.4 is 5.32 Å². The van der Waals surface area contributed by atoms with Crippen molar-refractivity contribution in [3.63, 3.8) is 0 Å². The SMILES string of the molecule is C=CCC/C=C/COC1(C(=O)O)CC(O)C(NC(C)=O)C(C(O)C(O)CO)O1. The molecule has 10 nitrogen and oxygen atoms in total. The first-order valence-electron chi connectivity index (χ1n) is 8.91. The van der Waals surface area contributed by atoms with Crippen molar-refractivity contribution in [3.8, 4) is 0 Å². The molecule has 6 atom stereocenters. The molecule has 0 bridgehead atoms. The molecular weight excluding hydrogens is 374 g/mol. The molecule has 28 heavy (non-hydrogen) atoms. The Hall–Kier alpha value is -1.82. The molecule has 1 saturated heterocycles. The molecular formula is C18H29NO9. The van der Waals surface area contributed by atoms with Gasteiger partial charge in [0.05, 0.1) is 25.4 Å². The third kappa shape index (κ3) is 6.36. The van der Waals surface area contributed by atoms with E-state index in [0.29, 0.717) is 6.42 Å². The van der Waals surface area contributed by atoms with Crippen molar-refractivity contribution in [1.82, 2.24) is 5.32 Å². The van der Waals surface area contributed by atoms with Gasteiger partial charge in [0, 0.05) is 13.3 Å². The van der Waals surface area contributed by atoms with E-state index in [2.05, 4.69) is 11.9 Å². The molecule has 6 N–H and O–H groups in total. The average molecular weight is 403 g/mol. The largest absolute Gasteiger partial charge is 0.477 e. The second-order valence-electron chi connectivity index (χ2n) is 6.53. The van der Waals surface area contributed by atoms with Gasteiger partial charge in [0.25, 0.3) is 5.79 Å². The highest BCUT2D eigenvalue weighted by atomic mass is 16.7. The molecule has 1 amide bonds. The molecule has 0 aliphatic carbocycles. The smallest absolute Gasteiger partial charge is 0.364 e. The summed E-state index contributed by atoms with van der Waals surface area (Å²) in [6.45, 7) is 3.77. The zero-order chi connectivity index (χ0) is 21.3. The van der Waals surface area contributed by atoms with Crippen molar-refractivity contribution in [2.24, 2.45) is 0 Å². The number of aliphatic carboxylic acids is 1. The van der Waals surface area contributed by atoms with E-state index in [-0.39, 0.29) is 6.61 Å². The summed E-state index contributed by atoms with van der Waals surface area (Å²) in [5.74, 6) is -4.40. The first kappa shape index (κ1) is 24.2. The lowest BCUT2D eigenvalue weighted by molar-refractivity contribution is -0.308. The molecule has 1 heterocycles. The molecule has 1 aliphatic heterocycles. The van der Waals surface area contributed by atoms with E-state index in [1.165, 1.54) is 6.92 Å². The molecule has 160 valence electrons. The fourth-order valence-corrected chi connectivity index (χ4v) is 2.86. The van der Waals surface area contributed by atoms with Crippen LogP contribution in [0.2, 0.25) is 0 Å². The number of carboxylic acids is 1. The number of hydrogen-bond donors (Lipinski definition) is 6. The van der Waals surface area contributed by atoms with Crippen LogP contribution in [0.15, 0.2) is 24.8 Å². The lowest BCUT2D eigenvalue weighted by Crippen LogP contribution is -2.67. The molecule has 0 aromatic rings. The number of aliphatic hydroxyl groups excluding tert-OH is 4. The normalized spacial score (nSPS) is 30.0. The zero-order valence-electron chi connectivity index (χ0n) is 15.7. The summed E-state index contributed by atoms with van der Waals surface area (Å²) < 4.78 is 10.8. The van der Waals surface area contributed by atoms with Gasteiger partial charge in [0.15, 0.2) is 0 Å². The van der Waals surface area contributed by atoms with Gasteiger partial charge in [-0.15, -0.1) is 6.58 Å². The van der Waals surface area contributed by atoms with E-state index < -0.39 is 61.1 Å². The van der Waals surface area contributed by atoms with Gasteiger partial charge in [0.2, 0.25) is 5.91 Å². The highest BCUT2D eigenvalue weighted by Gasteiger charge is 2.55. The number of ether oxygens (including phenoxy) is 2. The number of carboxylic acid groups (broad SMARTS) is 1. The van der Waals surface area contributed by atoms with Crippen molar-refractivity contribution in [2.45, 2.75) is 62.4 Å². The van der Waals surface area contributed by atoms with Crippen LogP contribution in [0.3, 0.4) is 0 Å². The predicted molar refractivity (Wildman–Crippen MR) is 97.1 cm³/mol. The Labute approximate surface area is 163 Å². The van der Waals surface area contributed by atoms with Crippen LogP contribution in [0.4, 0.5) is 0 Å². The lowest BCUT2D eigenvalue weighted by atomic mass is 9.88. The van der Waals surface area contributed by atoms with Crippen molar-refractivity contribution < 1.29 is 44.6 Å². The van der Waals surface area contributed by atoms with E-state index >= 15 is 0 Å². The molecule has 0 aromatic carbocycles. The maximum Gasteiger partial charge on any atom is 0.364 e. The van der Waals surface area contributed by atoms with Crippen LogP contribution in [-0.4, -0.2) is 86.9 Å². The van der Waals surface area contributed by atoms with E-state index in [4.69, 9.17) is 14.6 Å². The number of unbranched alkanes of at least 4 members (excludes halogenated alkanes) is 1. The van der Waals surface area contributed by atoms with Crippen LogP contribution in [0.25, 0.3) is 0 Å². The zero-order valence-corrected chi connectivity index (χ0v) is 15.7. The topological polar surface area (TPSA) is 166 Å². The minimum absolute atomic E-state index is 0.146. The molecule has 0 radical (unpaired) electrons. The number of carbonyl (C=O) groups is 2. The van der Waals surface area contributed by atoms with Gasteiger partial charge in [-0.2, -0.15) is 0 Å². The van der Waals surface area contributed by atoms with Crippen LogP contribution in [-0.2, 0) is 19.1 Å². The van der Waals surface area contributed by atoms with Gasteiger partial charge in [-0.3, -0.25) is 4.79 Å². The number of nitrogens with one attached hydrogen (secondary N) is 1. The van der Waals surface area contributed by atoms with Gasteiger partial charge in [-0.1, -0.05) is 18.2 Å². The van der Waals surface area contributed by atoms with Crippen LogP contribution in [0, 0.1) is 0 Å². The summed E-state index contributed by atoms with van der Waals surface area (Å²) in [5.41, 5.74) is 0. The number of carbonyl (C=O) groups excluding carboxylic acids is 1. The maximum atomic E-state index is 11.8. The highest BCUT2D eigenvalue weighted by Crippen LogP contribution is 2.33. The molecule has 1 aliphatic rings. The molecule has 0 spiro atoms. The Morgan fingerprint density at radius 3 is 2.57 bits per heavy atom. The van der Waals surface area contributed by atoms with Gasteiger partial charge >= 0.3 is 5.97 Å². The van der Waals surface area contributed by atoms with Gasteiger partial charge in [-0.25, -0.2) is 4.79 Å². The first-order chi connectivity index (χ1) is 13.2. The number of hydrogen-bond acceptors (Lipinski definition) is 8. The summed E-state index contributed by atoms with van der Waals surface area (Å²) in [6, 6.07) is -1.21. The Morgan fingerprint density at radius 2 is 2.04 bits per heavy atom. The third-order valence-electron chi connectivity index (χ3n) is 4.30. The standard InChI is InChI=1S/C18H29NO9/c1-3-4-5-6-7-8-27-18(17(25)26)9-12(22)14(19-11(2)21)16(28-18)15(24)13(23)10-20/h3,6-7,12-16,20,22-24H,1,4-5,8-10H2,2H3,(H,19,21)(H,25,26)/b7-6+. The monoisotopic (exact) mass is 403 g/mol. The second kappa shape index (κ2) is 11.2. The van der Waals surface area contributed by atoms with Crippen LogP contribution >= 0.6 is 0 Å². The Morgan fingerprint density at radius 1 is 1.36 bits per heavy atom. The number of rotatable bonds is 11. The van der Waals surface area contributed by atoms with E-state index in [0.717, 1.165) is 6.42 Å². The molecule has 0 saturated carbocycles. The lowest BCUT2D eigenvalue weighted by Gasteiger charge is -2.46. The fourth-order valence-electron chi connectivity index (χ4n) is 2.86. The molecule has 1 fully saturated rings. The predicted octanol–water partition coefficient (Wildman–Crippen LogP) is -1.33. The molecule has 0 aromatic heterocycles. The summed E-state index contributed by atoms with van der Waals surface area (Å²) >= 11 is 0. The fraction of sp³-hybridized carbons (Fsp3) is 0.667. The quantitative estimate of drug-likeness (QED) is 0.181. The van der Waals surface area contributed by atoms with E-state index in [1.807, 2.05) is 0 Å². The Bertz CT molecular complexity index is 567. The Balaban J connectivity index is 3.05. The molecule has 10 heteroatoms. The number of aliphatic hydroxyl groups is 4. The second-order valence-corrected chi connectivity index (χ2v) is 6.53. The molecule has 1 rings (SSSR count). The third-order valence-corrected chi connectivity index (χ3v) is 4.30. The van der Waals surface area contributed by atoms with Crippen LogP contribution in [0.5, 0.6) is 0 Å². The van der Waals surface area contributed by atoms with Crippen molar-refractivity contribution >= 4 is 11.9 Å². The first-order valence-corrected chi connectivity index (χ1v) is 8.91. The van der Waals surface area contributed by atoms with E-state index in [9.17, 15) is 30.0 Å². The Kier molecular flexibility index (Phi) is 9.73. The minimum atomic E-state index is -2.31. The van der Waals surface area contributed by atoms with Gasteiger partial charge in [-0.05, 0) is 12.8 Å². The summed E-state index contributed by atoms with van der Waals surface area (Å²) in [5, 5.41) is 51.5. The van der Waals surface area contributed by atoms with Crippen molar-refractivity contribution in [3.05, 3.63) is 24.8 Å². The summed E-state index contributed by atoms with van der Waals surface area (Å²) in [7, 11) is 0. The van der Waals surface area contributed by atoms with Crippen molar-refractivity contribution in [1.29, 1.82) is 0 Å². The molecule has 6 unspecified atom stereocenters. The minimum Gasteiger partial charge on any atom is -0.477 e. The number of allylic oxidation sites excluding steroid dienone is 2. The average Bonchev–Trinajstić information content (AvgIpc) is 2.64. The van der Waals surface area contributed by atoms with Crippen molar-refractivity contribution in [2.75, 3.05) is 13.2 Å². The van der Waals surface area contributed by atoms with E-state index in [1.54, 1.807) is 18.2 Å². The maximum absolute atomic E-state index is 11.8. The van der Waals surface area contributed by atoms with Gasteiger partial charge in [0.1, 0.15) is 18.3 Å².